The minimum Gasteiger partial charge on any atom is -0.399 e. The zero-order valence-electron chi connectivity index (χ0n) is 10.1. The largest absolute Gasteiger partial charge is 0.399 e. The van der Waals surface area contributed by atoms with Crippen molar-refractivity contribution < 1.29 is 21.6 Å². The van der Waals surface area contributed by atoms with Crippen molar-refractivity contribution in [3.63, 3.8) is 0 Å². The average molecular weight is 297 g/mol. The van der Waals surface area contributed by atoms with E-state index >= 15 is 0 Å². The first-order valence-corrected chi connectivity index (χ1v) is 6.75. The Morgan fingerprint density at radius 2 is 1.84 bits per heavy atom. The number of primary sulfonamides is 1. The van der Waals surface area contributed by atoms with E-state index in [1.807, 2.05) is 0 Å². The fraction of sp³-hybridized carbons (Fsp3) is 0.400. The van der Waals surface area contributed by atoms with Gasteiger partial charge in [0.1, 0.15) is 0 Å². The molecule has 0 saturated carbocycles. The first-order valence-electron chi connectivity index (χ1n) is 5.20. The number of hydrogen-bond donors (Lipinski definition) is 2. The van der Waals surface area contributed by atoms with Crippen molar-refractivity contribution in [1.29, 1.82) is 0 Å². The molecule has 0 aliphatic carbocycles. The third-order valence-electron chi connectivity index (χ3n) is 2.41. The molecule has 0 fully saturated rings. The lowest BCUT2D eigenvalue weighted by atomic mass is 10.2. The molecule has 0 saturated heterocycles. The van der Waals surface area contributed by atoms with Crippen molar-refractivity contribution in [3.05, 3.63) is 18.2 Å². The van der Waals surface area contributed by atoms with Crippen molar-refractivity contribution >= 4 is 21.4 Å². The molecule has 5 nitrogen and oxygen atoms in total. The minimum absolute atomic E-state index is 0.111. The Morgan fingerprint density at radius 3 is 2.32 bits per heavy atom. The Balaban J connectivity index is 2.98. The molecule has 0 aliphatic heterocycles. The van der Waals surface area contributed by atoms with E-state index in [1.54, 1.807) is 0 Å². The highest BCUT2D eigenvalue weighted by Gasteiger charge is 2.27. The summed E-state index contributed by atoms with van der Waals surface area (Å²) in [5, 5.41) is 4.96. The maximum absolute atomic E-state index is 12.1. The van der Waals surface area contributed by atoms with E-state index in [0.717, 1.165) is 6.07 Å². The summed E-state index contributed by atoms with van der Waals surface area (Å²) in [5.74, 6) is 0. The number of nitrogen functional groups attached to an aromatic ring is 1. The van der Waals surface area contributed by atoms with Gasteiger partial charge in [-0.2, -0.15) is 13.2 Å². The monoisotopic (exact) mass is 297 g/mol. The summed E-state index contributed by atoms with van der Waals surface area (Å²) in [7, 11) is -2.54. The molecule has 0 amide bonds. The van der Waals surface area contributed by atoms with Crippen molar-refractivity contribution in [2.45, 2.75) is 17.5 Å². The van der Waals surface area contributed by atoms with Gasteiger partial charge >= 0.3 is 6.18 Å². The molecule has 0 spiro atoms. The predicted octanol–water partition coefficient (Wildman–Crippen LogP) is 1.30. The minimum atomic E-state index is -4.28. The summed E-state index contributed by atoms with van der Waals surface area (Å²) in [6.45, 7) is -0.309. The quantitative estimate of drug-likeness (QED) is 0.820. The Morgan fingerprint density at radius 1 is 1.26 bits per heavy atom. The van der Waals surface area contributed by atoms with E-state index < -0.39 is 22.6 Å². The zero-order chi connectivity index (χ0) is 14.8. The van der Waals surface area contributed by atoms with Gasteiger partial charge in [-0.15, -0.1) is 0 Å². The molecule has 0 aliphatic rings. The molecule has 0 radical (unpaired) electrons. The molecular formula is C10H14F3N3O2S. The molecule has 1 aromatic rings. The lowest BCUT2D eigenvalue weighted by Crippen LogP contribution is -2.24. The molecule has 108 valence electrons. The summed E-state index contributed by atoms with van der Waals surface area (Å²) in [6, 6.07) is 3.71. The highest BCUT2D eigenvalue weighted by molar-refractivity contribution is 7.89. The molecule has 9 heteroatoms. The average Bonchev–Trinajstić information content (AvgIpc) is 2.22. The van der Waals surface area contributed by atoms with Crippen LogP contribution in [0.2, 0.25) is 0 Å². The smallest absolute Gasteiger partial charge is 0.390 e. The maximum atomic E-state index is 12.1. The van der Waals surface area contributed by atoms with E-state index in [2.05, 4.69) is 0 Å². The molecular weight excluding hydrogens is 283 g/mol. The molecule has 1 rings (SSSR count). The first kappa shape index (κ1) is 15.6. The normalized spacial score (nSPS) is 12.5. The van der Waals surface area contributed by atoms with E-state index in [4.69, 9.17) is 10.9 Å². The fourth-order valence-corrected chi connectivity index (χ4v) is 2.00. The van der Waals surface area contributed by atoms with Gasteiger partial charge in [-0.05, 0) is 18.2 Å². The summed E-state index contributed by atoms with van der Waals surface area (Å²) in [4.78, 5) is 1.03. The third kappa shape index (κ3) is 4.95. The van der Waals surface area contributed by atoms with Crippen LogP contribution in [0, 0.1) is 0 Å². The number of nitrogens with zero attached hydrogens (tertiary/aromatic N) is 1. The van der Waals surface area contributed by atoms with E-state index in [9.17, 15) is 21.6 Å². The number of alkyl halides is 3. The second kappa shape index (κ2) is 5.25. The molecule has 0 aromatic heterocycles. The highest BCUT2D eigenvalue weighted by atomic mass is 32.2. The van der Waals surface area contributed by atoms with Crippen molar-refractivity contribution in [3.8, 4) is 0 Å². The number of rotatable bonds is 4. The summed E-state index contributed by atoms with van der Waals surface area (Å²) < 4.78 is 58.7. The number of hydrogen-bond acceptors (Lipinski definition) is 4. The van der Waals surface area contributed by atoms with Crippen LogP contribution in [0.4, 0.5) is 24.5 Å². The second-order valence-electron chi connectivity index (χ2n) is 4.09. The number of nitrogens with two attached hydrogens (primary N) is 2. The van der Waals surface area contributed by atoms with Gasteiger partial charge in [0.05, 0.1) is 11.3 Å². The Labute approximate surface area is 109 Å². The van der Waals surface area contributed by atoms with Crippen molar-refractivity contribution in [1.82, 2.24) is 0 Å². The molecule has 4 N–H and O–H groups in total. The molecule has 0 unspecified atom stereocenters. The van der Waals surface area contributed by atoms with Gasteiger partial charge in [-0.1, -0.05) is 0 Å². The standard InChI is InChI=1S/C10H14F3N3O2S/c1-16(3-2-10(11,12)13)8-4-7(14)5-9(6-8)19(15,17)18/h4-6H,2-3,14H2,1H3,(H2,15,17,18). The third-order valence-corrected chi connectivity index (χ3v) is 3.31. The molecule has 0 heterocycles. The van der Waals surface area contributed by atoms with Crippen LogP contribution < -0.4 is 15.8 Å². The molecule has 0 bridgehead atoms. The molecule has 19 heavy (non-hydrogen) atoms. The summed E-state index contributed by atoms with van der Waals surface area (Å²) in [5.41, 5.74) is 5.88. The summed E-state index contributed by atoms with van der Waals surface area (Å²) >= 11 is 0. The van der Waals surface area contributed by atoms with Crippen LogP contribution in [0.25, 0.3) is 0 Å². The number of anilines is 2. The summed E-state index contributed by atoms with van der Waals surface area (Å²) in [6.07, 6.45) is -5.29. The fourth-order valence-electron chi connectivity index (χ4n) is 1.41. The molecule has 0 atom stereocenters. The van der Waals surface area contributed by atoms with Gasteiger partial charge in [-0.25, -0.2) is 13.6 Å². The van der Waals surface area contributed by atoms with Crippen LogP contribution in [0.1, 0.15) is 6.42 Å². The first-order chi connectivity index (χ1) is 8.49. The van der Waals surface area contributed by atoms with E-state index in [0.29, 0.717) is 0 Å². The van der Waals surface area contributed by atoms with Gasteiger partial charge in [0.15, 0.2) is 0 Å². The number of sulfonamides is 1. The van der Waals surface area contributed by atoms with Gasteiger partial charge in [-0.3, -0.25) is 0 Å². The lowest BCUT2D eigenvalue weighted by molar-refractivity contribution is -0.132. The van der Waals surface area contributed by atoms with Crippen LogP contribution >= 0.6 is 0 Å². The van der Waals surface area contributed by atoms with Crippen LogP contribution in [0.3, 0.4) is 0 Å². The zero-order valence-corrected chi connectivity index (χ0v) is 10.9. The van der Waals surface area contributed by atoms with Crippen LogP contribution in [0.15, 0.2) is 23.1 Å². The van der Waals surface area contributed by atoms with Gasteiger partial charge in [0, 0.05) is 25.0 Å². The van der Waals surface area contributed by atoms with Crippen molar-refractivity contribution in [2.75, 3.05) is 24.2 Å². The van der Waals surface area contributed by atoms with Crippen LogP contribution in [-0.4, -0.2) is 28.2 Å². The Hall–Kier alpha value is -1.48. The number of benzene rings is 1. The van der Waals surface area contributed by atoms with Crippen LogP contribution in [0.5, 0.6) is 0 Å². The van der Waals surface area contributed by atoms with Crippen LogP contribution in [-0.2, 0) is 10.0 Å². The van der Waals surface area contributed by atoms with E-state index in [-0.39, 0.29) is 22.8 Å². The highest BCUT2D eigenvalue weighted by Crippen LogP contribution is 2.25. The topological polar surface area (TPSA) is 89.4 Å². The maximum Gasteiger partial charge on any atom is 0.390 e. The van der Waals surface area contributed by atoms with Crippen molar-refractivity contribution in [2.24, 2.45) is 5.14 Å². The Kier molecular flexibility index (Phi) is 4.31. The van der Waals surface area contributed by atoms with Gasteiger partial charge < -0.3 is 10.6 Å². The second-order valence-corrected chi connectivity index (χ2v) is 5.65. The number of halogens is 3. The lowest BCUT2D eigenvalue weighted by Gasteiger charge is -2.21. The Bertz CT molecular complexity index is 558. The van der Waals surface area contributed by atoms with Gasteiger partial charge in [0.2, 0.25) is 10.0 Å². The van der Waals surface area contributed by atoms with Gasteiger partial charge in [0.25, 0.3) is 0 Å². The SMILES string of the molecule is CN(CCC(F)(F)F)c1cc(N)cc(S(N)(=O)=O)c1. The predicted molar refractivity (Wildman–Crippen MR) is 66.2 cm³/mol. The van der Waals surface area contributed by atoms with E-state index in [1.165, 1.54) is 24.1 Å². The molecule has 1 aromatic carbocycles.